The third kappa shape index (κ3) is 4.63. The van der Waals surface area contributed by atoms with Crippen molar-refractivity contribution < 1.29 is 23.9 Å². The number of ether oxygens (including phenoxy) is 2. The van der Waals surface area contributed by atoms with E-state index in [9.17, 15) is 14.4 Å². The van der Waals surface area contributed by atoms with Gasteiger partial charge in [-0.05, 0) is 30.2 Å². The van der Waals surface area contributed by atoms with Crippen LogP contribution in [0.1, 0.15) is 12.0 Å². The topological polar surface area (TPSA) is 84.9 Å². The highest BCUT2D eigenvalue weighted by Crippen LogP contribution is 2.29. The first-order chi connectivity index (χ1) is 13.0. The van der Waals surface area contributed by atoms with Crippen LogP contribution in [0.25, 0.3) is 0 Å². The van der Waals surface area contributed by atoms with E-state index in [0.717, 1.165) is 5.56 Å². The van der Waals surface area contributed by atoms with Gasteiger partial charge in [0.05, 0.1) is 19.8 Å². The van der Waals surface area contributed by atoms with Gasteiger partial charge in [-0.25, -0.2) is 9.59 Å². The molecule has 0 fully saturated rings. The Balaban J connectivity index is 2.56. The Morgan fingerprint density at radius 1 is 1.04 bits per heavy atom. The molecule has 0 atom stereocenters. The van der Waals surface area contributed by atoms with Crippen LogP contribution in [0.2, 0.25) is 0 Å². The highest BCUT2D eigenvalue weighted by Gasteiger charge is 2.28. The number of nitrogens with one attached hydrogen (secondary N) is 1. The Morgan fingerprint density at radius 2 is 1.74 bits per heavy atom. The van der Waals surface area contributed by atoms with Crippen LogP contribution in [0, 0.1) is 0 Å². The fraction of sp³-hybridized carbons (Fsp3) is 0.250. The minimum Gasteiger partial charge on any atom is -0.465 e. The molecule has 0 saturated carbocycles. The van der Waals surface area contributed by atoms with E-state index in [4.69, 9.17) is 9.47 Å². The van der Waals surface area contributed by atoms with Crippen LogP contribution >= 0.6 is 0 Å². The van der Waals surface area contributed by atoms with E-state index in [1.807, 2.05) is 24.3 Å². The zero-order chi connectivity index (χ0) is 19.8. The van der Waals surface area contributed by atoms with E-state index in [-0.39, 0.29) is 17.2 Å². The van der Waals surface area contributed by atoms with Crippen LogP contribution in [-0.4, -0.2) is 39.1 Å². The van der Waals surface area contributed by atoms with Gasteiger partial charge in [0.1, 0.15) is 5.70 Å². The molecule has 7 nitrogen and oxygen atoms in total. The van der Waals surface area contributed by atoms with Crippen molar-refractivity contribution in [1.29, 1.82) is 0 Å². The Labute approximate surface area is 157 Å². The Kier molecular flexibility index (Phi) is 6.93. The van der Waals surface area contributed by atoms with Crippen molar-refractivity contribution in [3.8, 4) is 0 Å². The van der Waals surface area contributed by atoms with Gasteiger partial charge in [0.15, 0.2) is 0 Å². The first-order valence-electron chi connectivity index (χ1n) is 8.37. The average Bonchev–Trinajstić information content (AvgIpc) is 2.93. The minimum absolute atomic E-state index is 0.0433. The number of methoxy groups -OCH3 is 2. The lowest BCUT2D eigenvalue weighted by Crippen LogP contribution is -2.27. The molecule has 1 aromatic rings. The number of para-hydroxylation sites is 1. The number of nitrogens with zero attached hydrogens (tertiary/aromatic N) is 1. The van der Waals surface area contributed by atoms with Crippen molar-refractivity contribution in [2.45, 2.75) is 12.8 Å². The minimum atomic E-state index is -0.673. The zero-order valence-electron chi connectivity index (χ0n) is 15.5. The van der Waals surface area contributed by atoms with Gasteiger partial charge >= 0.3 is 11.9 Å². The number of hydrogen-bond donors (Lipinski definition) is 1. The predicted octanol–water partition coefficient (Wildman–Crippen LogP) is 1.86. The number of aryl methyl sites for hydroxylation is 1. The second-order valence-electron chi connectivity index (χ2n) is 5.62. The third-order valence-electron chi connectivity index (χ3n) is 4.04. The molecule has 1 amide bonds. The van der Waals surface area contributed by atoms with Gasteiger partial charge in [-0.3, -0.25) is 4.79 Å². The fourth-order valence-electron chi connectivity index (χ4n) is 2.68. The predicted molar refractivity (Wildman–Crippen MR) is 101 cm³/mol. The lowest BCUT2D eigenvalue weighted by Gasteiger charge is -2.25. The molecular formula is C20H22N2O5. The van der Waals surface area contributed by atoms with Crippen molar-refractivity contribution in [3.05, 3.63) is 65.5 Å². The lowest BCUT2D eigenvalue weighted by atomic mass is 10.0. The van der Waals surface area contributed by atoms with Gasteiger partial charge in [-0.1, -0.05) is 24.3 Å². The summed E-state index contributed by atoms with van der Waals surface area (Å²) in [5, 5.41) is 2.59. The van der Waals surface area contributed by atoms with Crippen LogP contribution in [0.4, 0.5) is 5.69 Å². The third-order valence-corrected chi connectivity index (χ3v) is 4.04. The maximum atomic E-state index is 12.5. The zero-order valence-corrected chi connectivity index (χ0v) is 15.5. The Hall–Kier alpha value is -3.35. The molecule has 0 spiro atoms. The molecule has 1 aliphatic rings. The SMILES string of the molecule is CNC(=O)CCc1ccccc1N1C=CC=CC(C(=O)OC)=C1C(=O)OC. The number of carbonyl (C=O) groups excluding carboxylic acids is 3. The summed E-state index contributed by atoms with van der Waals surface area (Å²) in [4.78, 5) is 37.9. The van der Waals surface area contributed by atoms with Crippen LogP contribution < -0.4 is 10.2 Å². The van der Waals surface area contributed by atoms with Gasteiger partial charge in [0.25, 0.3) is 0 Å². The molecule has 0 saturated heterocycles. The summed E-state index contributed by atoms with van der Waals surface area (Å²) in [7, 11) is 4.08. The summed E-state index contributed by atoms with van der Waals surface area (Å²) in [5.41, 5.74) is 1.64. The summed E-state index contributed by atoms with van der Waals surface area (Å²) in [6.45, 7) is 0. The molecule has 2 rings (SSSR count). The van der Waals surface area contributed by atoms with Crippen molar-refractivity contribution in [1.82, 2.24) is 5.32 Å². The number of rotatable bonds is 6. The lowest BCUT2D eigenvalue weighted by molar-refractivity contribution is -0.139. The van der Waals surface area contributed by atoms with E-state index in [1.165, 1.54) is 20.3 Å². The van der Waals surface area contributed by atoms with Crippen molar-refractivity contribution in [3.63, 3.8) is 0 Å². The molecule has 1 aliphatic heterocycles. The molecule has 1 heterocycles. The first-order valence-corrected chi connectivity index (χ1v) is 8.37. The molecule has 0 unspecified atom stereocenters. The molecule has 0 radical (unpaired) electrons. The maximum absolute atomic E-state index is 12.5. The van der Waals surface area contributed by atoms with Crippen LogP contribution in [0.3, 0.4) is 0 Å². The summed E-state index contributed by atoms with van der Waals surface area (Å²) in [6, 6.07) is 7.35. The number of hydrogen-bond acceptors (Lipinski definition) is 6. The molecule has 1 N–H and O–H groups in total. The first kappa shape index (κ1) is 20.0. The average molecular weight is 370 g/mol. The van der Waals surface area contributed by atoms with Gasteiger partial charge in [0, 0.05) is 25.4 Å². The molecule has 27 heavy (non-hydrogen) atoms. The molecule has 0 aromatic heterocycles. The number of anilines is 1. The molecule has 0 bridgehead atoms. The van der Waals surface area contributed by atoms with E-state index in [1.54, 1.807) is 30.3 Å². The van der Waals surface area contributed by atoms with E-state index in [2.05, 4.69) is 5.32 Å². The van der Waals surface area contributed by atoms with Crippen LogP contribution in [-0.2, 0) is 30.3 Å². The molecule has 1 aromatic carbocycles. The van der Waals surface area contributed by atoms with Crippen molar-refractivity contribution >= 4 is 23.5 Å². The summed E-state index contributed by atoms with van der Waals surface area (Å²) in [6.07, 6.45) is 7.27. The number of esters is 2. The normalized spacial score (nSPS) is 13.2. The molecule has 142 valence electrons. The van der Waals surface area contributed by atoms with Crippen molar-refractivity contribution in [2.24, 2.45) is 0 Å². The Bertz CT molecular complexity index is 823. The van der Waals surface area contributed by atoms with Gasteiger partial charge < -0.3 is 19.7 Å². The molecular weight excluding hydrogens is 348 g/mol. The van der Waals surface area contributed by atoms with Crippen LogP contribution in [0.5, 0.6) is 0 Å². The summed E-state index contributed by atoms with van der Waals surface area (Å²) >= 11 is 0. The number of allylic oxidation sites excluding steroid dienone is 2. The Morgan fingerprint density at radius 3 is 2.41 bits per heavy atom. The maximum Gasteiger partial charge on any atom is 0.355 e. The van der Waals surface area contributed by atoms with Gasteiger partial charge in [-0.2, -0.15) is 0 Å². The van der Waals surface area contributed by atoms with Crippen molar-refractivity contribution in [2.75, 3.05) is 26.2 Å². The smallest absolute Gasteiger partial charge is 0.355 e. The second-order valence-corrected chi connectivity index (χ2v) is 5.62. The summed E-state index contributed by atoms with van der Waals surface area (Å²) in [5.74, 6) is -1.41. The second kappa shape index (κ2) is 9.38. The highest BCUT2D eigenvalue weighted by atomic mass is 16.5. The fourth-order valence-corrected chi connectivity index (χ4v) is 2.68. The number of amides is 1. The van der Waals surface area contributed by atoms with Gasteiger partial charge in [-0.15, -0.1) is 0 Å². The van der Waals surface area contributed by atoms with E-state index in [0.29, 0.717) is 18.5 Å². The summed E-state index contributed by atoms with van der Waals surface area (Å²) < 4.78 is 9.71. The number of benzene rings is 1. The quantitative estimate of drug-likeness (QED) is 0.770. The highest BCUT2D eigenvalue weighted by molar-refractivity contribution is 6.05. The standard InChI is InChI=1S/C20H22N2O5/c1-21-17(23)12-11-14-8-4-5-10-16(14)22-13-7-6-9-15(19(24)26-2)18(22)20(25)27-3/h4-10,13H,11-12H2,1-3H3,(H,21,23). The van der Waals surface area contributed by atoms with E-state index >= 15 is 0 Å². The monoisotopic (exact) mass is 370 g/mol. The van der Waals surface area contributed by atoms with E-state index < -0.39 is 11.9 Å². The van der Waals surface area contributed by atoms with Gasteiger partial charge in [0.2, 0.25) is 5.91 Å². The number of carbonyl (C=O) groups is 3. The largest absolute Gasteiger partial charge is 0.465 e. The molecule has 0 aliphatic carbocycles. The molecule has 7 heteroatoms. The van der Waals surface area contributed by atoms with Crippen LogP contribution in [0.15, 0.2) is 60.0 Å².